The second-order valence-electron chi connectivity index (χ2n) is 4.14. The van der Waals surface area contributed by atoms with Gasteiger partial charge in [-0.1, -0.05) is 0 Å². The maximum atomic E-state index is 13.7. The topological polar surface area (TPSA) is 81.4 Å². The molecule has 0 atom stereocenters. The first-order valence-electron chi connectivity index (χ1n) is 5.75. The van der Waals surface area contributed by atoms with Crippen molar-refractivity contribution in [3.8, 4) is 5.75 Å². The van der Waals surface area contributed by atoms with E-state index in [2.05, 4.69) is 20.7 Å². The Bertz CT molecular complexity index is 781. The van der Waals surface area contributed by atoms with E-state index in [1.165, 1.54) is 25.3 Å². The predicted octanol–water partition coefficient (Wildman–Crippen LogP) is 2.98. The molecule has 0 bridgehead atoms. The van der Waals surface area contributed by atoms with Crippen LogP contribution in [0.25, 0.3) is 0 Å². The van der Waals surface area contributed by atoms with Gasteiger partial charge in [-0.05, 0) is 52.3 Å². The van der Waals surface area contributed by atoms with Crippen LogP contribution >= 0.6 is 15.9 Å². The molecule has 0 heterocycles. The number of rotatable bonds is 4. The minimum atomic E-state index is -4.04. The fourth-order valence-corrected chi connectivity index (χ4v) is 3.33. The van der Waals surface area contributed by atoms with Gasteiger partial charge in [-0.25, -0.2) is 12.8 Å². The first kappa shape index (κ1) is 15.6. The molecule has 8 heteroatoms. The molecule has 0 aliphatic carbocycles. The van der Waals surface area contributed by atoms with Gasteiger partial charge in [0.2, 0.25) is 0 Å². The Labute approximate surface area is 130 Å². The van der Waals surface area contributed by atoms with Crippen molar-refractivity contribution in [2.75, 3.05) is 17.6 Å². The molecule has 2 rings (SSSR count). The molecular weight excluding hydrogens is 363 g/mol. The highest BCUT2D eigenvalue weighted by Crippen LogP contribution is 2.29. The summed E-state index contributed by atoms with van der Waals surface area (Å²) in [4.78, 5) is -0.469. The van der Waals surface area contributed by atoms with Gasteiger partial charge in [-0.3, -0.25) is 4.72 Å². The maximum Gasteiger partial charge on any atom is 0.264 e. The molecule has 0 aromatic heterocycles. The zero-order chi connectivity index (χ0) is 15.6. The summed E-state index contributed by atoms with van der Waals surface area (Å²) in [5.41, 5.74) is 5.83. The zero-order valence-corrected chi connectivity index (χ0v) is 13.3. The number of hydrogen-bond acceptors (Lipinski definition) is 4. The molecule has 0 aliphatic heterocycles. The van der Waals surface area contributed by atoms with Crippen molar-refractivity contribution in [1.29, 1.82) is 0 Å². The monoisotopic (exact) mass is 374 g/mol. The zero-order valence-electron chi connectivity index (χ0n) is 10.9. The number of nitrogens with one attached hydrogen (secondary N) is 1. The summed E-state index contributed by atoms with van der Waals surface area (Å²) in [5.74, 6) is -0.355. The smallest absolute Gasteiger partial charge is 0.264 e. The van der Waals surface area contributed by atoms with Crippen molar-refractivity contribution >= 4 is 37.3 Å². The van der Waals surface area contributed by atoms with Gasteiger partial charge in [0, 0.05) is 5.69 Å². The van der Waals surface area contributed by atoms with Crippen molar-refractivity contribution in [2.24, 2.45) is 0 Å². The molecule has 5 nitrogen and oxygen atoms in total. The number of methoxy groups -OCH3 is 1. The molecule has 0 fully saturated rings. The van der Waals surface area contributed by atoms with Crippen LogP contribution in [-0.2, 0) is 10.0 Å². The van der Waals surface area contributed by atoms with Gasteiger partial charge >= 0.3 is 0 Å². The van der Waals surface area contributed by atoms with Crippen molar-refractivity contribution in [3.63, 3.8) is 0 Å². The van der Waals surface area contributed by atoms with Gasteiger partial charge in [-0.2, -0.15) is 0 Å². The Kier molecular flexibility index (Phi) is 4.38. The molecule has 2 aromatic carbocycles. The molecule has 0 amide bonds. The average Bonchev–Trinajstić information content (AvgIpc) is 2.37. The van der Waals surface area contributed by atoms with Crippen LogP contribution in [0.5, 0.6) is 5.75 Å². The summed E-state index contributed by atoms with van der Waals surface area (Å²) >= 11 is 3.24. The van der Waals surface area contributed by atoms with E-state index < -0.39 is 20.7 Å². The quantitative estimate of drug-likeness (QED) is 0.806. The average molecular weight is 375 g/mol. The van der Waals surface area contributed by atoms with Gasteiger partial charge in [0.15, 0.2) is 0 Å². The minimum absolute atomic E-state index is 0.152. The first-order valence-corrected chi connectivity index (χ1v) is 8.02. The number of halogens is 2. The second kappa shape index (κ2) is 5.90. The third-order valence-corrected chi connectivity index (χ3v) is 4.68. The lowest BCUT2D eigenvalue weighted by Crippen LogP contribution is -2.14. The fraction of sp³-hybridized carbons (Fsp3) is 0.0769. The molecule has 0 spiro atoms. The molecule has 0 saturated carbocycles. The molecule has 2 aromatic rings. The van der Waals surface area contributed by atoms with Crippen molar-refractivity contribution in [1.82, 2.24) is 0 Å². The Morgan fingerprint density at radius 1 is 1.24 bits per heavy atom. The normalized spacial score (nSPS) is 11.2. The highest BCUT2D eigenvalue weighted by molar-refractivity contribution is 9.10. The lowest BCUT2D eigenvalue weighted by atomic mass is 10.3. The molecule has 21 heavy (non-hydrogen) atoms. The minimum Gasteiger partial charge on any atom is -0.496 e. The van der Waals surface area contributed by atoms with Crippen molar-refractivity contribution in [3.05, 3.63) is 46.7 Å². The molecule has 0 unspecified atom stereocenters. The van der Waals surface area contributed by atoms with Crippen LogP contribution in [0, 0.1) is 5.82 Å². The van der Waals surface area contributed by atoms with Gasteiger partial charge in [0.25, 0.3) is 10.0 Å². The summed E-state index contributed by atoms with van der Waals surface area (Å²) < 4.78 is 46.0. The van der Waals surface area contributed by atoms with Gasteiger partial charge < -0.3 is 10.5 Å². The summed E-state index contributed by atoms with van der Waals surface area (Å²) in [5, 5.41) is 0. The van der Waals surface area contributed by atoms with E-state index >= 15 is 0 Å². The number of hydrogen-bond donors (Lipinski definition) is 2. The molecule has 0 saturated heterocycles. The van der Waals surface area contributed by atoms with Crippen LogP contribution in [0.1, 0.15) is 0 Å². The van der Waals surface area contributed by atoms with Gasteiger partial charge in [0.1, 0.15) is 16.5 Å². The van der Waals surface area contributed by atoms with Crippen LogP contribution in [0.3, 0.4) is 0 Å². The summed E-state index contributed by atoms with van der Waals surface area (Å²) in [6.45, 7) is 0. The largest absolute Gasteiger partial charge is 0.496 e. The van der Waals surface area contributed by atoms with Crippen molar-refractivity contribution < 1.29 is 17.5 Å². The Morgan fingerprint density at radius 2 is 1.95 bits per heavy atom. The summed E-state index contributed by atoms with van der Waals surface area (Å²) in [7, 11) is -2.55. The van der Waals surface area contributed by atoms with E-state index in [0.29, 0.717) is 10.2 Å². The first-order chi connectivity index (χ1) is 9.83. The molecule has 3 N–H and O–H groups in total. The second-order valence-corrected chi connectivity index (χ2v) is 6.65. The molecular formula is C13H12BrFN2O3S. The lowest BCUT2D eigenvalue weighted by Gasteiger charge is -2.11. The van der Waals surface area contributed by atoms with E-state index in [-0.39, 0.29) is 11.4 Å². The SMILES string of the molecule is COc1ccc(NS(=O)(=O)c2ccc(N)cc2F)cc1Br. The molecule has 112 valence electrons. The Morgan fingerprint density at radius 3 is 2.52 bits per heavy atom. The van der Waals surface area contributed by atoms with Crippen LogP contribution < -0.4 is 15.2 Å². The van der Waals surface area contributed by atoms with E-state index in [1.807, 2.05) is 0 Å². The van der Waals surface area contributed by atoms with E-state index in [4.69, 9.17) is 10.5 Å². The van der Waals surface area contributed by atoms with Gasteiger partial charge in [-0.15, -0.1) is 0 Å². The number of benzene rings is 2. The number of anilines is 2. The predicted molar refractivity (Wildman–Crippen MR) is 82.3 cm³/mol. The number of nitrogen functional groups attached to an aromatic ring is 1. The highest BCUT2D eigenvalue weighted by atomic mass is 79.9. The number of ether oxygens (including phenoxy) is 1. The fourth-order valence-electron chi connectivity index (χ4n) is 1.68. The van der Waals surface area contributed by atoms with Crippen molar-refractivity contribution in [2.45, 2.75) is 4.90 Å². The van der Waals surface area contributed by atoms with Crippen LogP contribution in [0.4, 0.5) is 15.8 Å². The van der Waals surface area contributed by atoms with Crippen LogP contribution in [-0.4, -0.2) is 15.5 Å². The van der Waals surface area contributed by atoms with Crippen LogP contribution in [0.15, 0.2) is 45.8 Å². The number of sulfonamides is 1. The van der Waals surface area contributed by atoms with Crippen LogP contribution in [0.2, 0.25) is 0 Å². The van der Waals surface area contributed by atoms with E-state index in [0.717, 1.165) is 12.1 Å². The van der Waals surface area contributed by atoms with Gasteiger partial charge in [0.05, 0.1) is 17.3 Å². The third-order valence-electron chi connectivity index (χ3n) is 2.65. The highest BCUT2D eigenvalue weighted by Gasteiger charge is 2.19. The Balaban J connectivity index is 2.35. The van der Waals surface area contributed by atoms with E-state index in [1.54, 1.807) is 6.07 Å². The maximum absolute atomic E-state index is 13.7. The summed E-state index contributed by atoms with van der Waals surface area (Å²) in [6, 6.07) is 8.01. The lowest BCUT2D eigenvalue weighted by molar-refractivity contribution is 0.412. The molecule has 0 radical (unpaired) electrons. The number of nitrogens with two attached hydrogens (primary N) is 1. The standard InChI is InChI=1S/C13H12BrFN2O3S/c1-20-12-4-3-9(7-10(12)14)17-21(18,19)13-5-2-8(16)6-11(13)15/h2-7,17H,16H2,1H3. The summed E-state index contributed by atoms with van der Waals surface area (Å²) in [6.07, 6.45) is 0. The third kappa shape index (κ3) is 3.45. The molecule has 0 aliphatic rings. The van der Waals surface area contributed by atoms with E-state index in [9.17, 15) is 12.8 Å². The Hall–Kier alpha value is -1.80.